The van der Waals surface area contributed by atoms with Crippen LogP contribution in [0.2, 0.25) is 0 Å². The lowest BCUT2D eigenvalue weighted by molar-refractivity contribution is 0.108. The number of nitrogens with zero attached hydrogens (tertiary/aromatic N) is 2. The van der Waals surface area contributed by atoms with E-state index in [9.17, 15) is 4.79 Å². The summed E-state index contributed by atoms with van der Waals surface area (Å²) in [6, 6.07) is 23.9. The second-order valence-corrected chi connectivity index (χ2v) is 10.5. The normalized spacial score (nSPS) is 20.0. The highest BCUT2D eigenvalue weighted by atomic mass is 32.2. The third-order valence-electron chi connectivity index (χ3n) is 6.30. The number of halogens is 1. The van der Waals surface area contributed by atoms with Crippen LogP contribution in [0.3, 0.4) is 0 Å². The van der Waals surface area contributed by atoms with Gasteiger partial charge < -0.3 is 10.6 Å². The Labute approximate surface area is 203 Å². The van der Waals surface area contributed by atoms with Gasteiger partial charge in [-0.3, -0.25) is 4.79 Å². The number of carbonyl (C=O) groups excluding carboxylic acids is 1. The first-order valence-electron chi connectivity index (χ1n) is 11.3. The fraction of sp³-hybridized carbons (Fsp3) is 0.214. The maximum atomic E-state index is 15.2. The number of allylic oxidation sites excluding steroid dienone is 1. The van der Waals surface area contributed by atoms with Gasteiger partial charge in [0, 0.05) is 18.0 Å². The van der Waals surface area contributed by atoms with Crippen molar-refractivity contribution in [3.8, 4) is 0 Å². The first-order valence-corrected chi connectivity index (χ1v) is 12.1. The minimum atomic E-state index is -0.391. The van der Waals surface area contributed by atoms with Crippen LogP contribution in [-0.4, -0.2) is 22.5 Å². The minimum Gasteiger partial charge on any atom is -0.369 e. The molecule has 0 radical (unpaired) electrons. The number of hydrogen-bond donors (Lipinski definition) is 1. The number of carbonyl (C=O) groups is 1. The molecule has 2 N–H and O–H groups in total. The second-order valence-electron chi connectivity index (χ2n) is 9.49. The monoisotopic (exact) mass is 471 g/mol. The Morgan fingerprint density at radius 2 is 1.65 bits per heavy atom. The van der Waals surface area contributed by atoms with Crippen LogP contribution in [0.4, 0.5) is 10.1 Å². The summed E-state index contributed by atoms with van der Waals surface area (Å²) in [5, 5.41) is 0.685. The van der Waals surface area contributed by atoms with Gasteiger partial charge in [-0.15, -0.1) is 0 Å². The van der Waals surface area contributed by atoms with Crippen molar-refractivity contribution in [2.24, 2.45) is 16.1 Å². The van der Waals surface area contributed by atoms with Crippen LogP contribution < -0.4 is 5.73 Å². The number of para-hydroxylation sites is 1. The van der Waals surface area contributed by atoms with E-state index in [4.69, 9.17) is 5.73 Å². The molecule has 0 fully saturated rings. The van der Waals surface area contributed by atoms with Gasteiger partial charge >= 0.3 is 0 Å². The van der Waals surface area contributed by atoms with Crippen LogP contribution in [0.1, 0.15) is 47.7 Å². The van der Waals surface area contributed by atoms with E-state index in [-0.39, 0.29) is 16.3 Å². The lowest BCUT2D eigenvalue weighted by Crippen LogP contribution is -2.46. The zero-order valence-corrected chi connectivity index (χ0v) is 20.0. The molecule has 1 atom stereocenters. The van der Waals surface area contributed by atoms with Crippen molar-refractivity contribution >= 4 is 28.5 Å². The quantitative estimate of drug-likeness (QED) is 0.345. The fourth-order valence-electron chi connectivity index (χ4n) is 4.88. The first kappa shape index (κ1) is 22.4. The molecule has 0 saturated carbocycles. The van der Waals surface area contributed by atoms with Gasteiger partial charge in [-0.05, 0) is 58.5 Å². The molecule has 0 amide bonds. The van der Waals surface area contributed by atoms with Crippen molar-refractivity contribution in [3.63, 3.8) is 0 Å². The molecule has 0 aromatic heterocycles. The Balaban J connectivity index is 1.74. The molecule has 172 valence electrons. The molecule has 2 heterocycles. The Bertz CT molecular complexity index is 1320. The van der Waals surface area contributed by atoms with Gasteiger partial charge in [-0.1, -0.05) is 74.5 Å². The predicted octanol–water partition coefficient (Wildman–Crippen LogP) is 6.43. The molecule has 4 nitrogen and oxygen atoms in total. The Morgan fingerprint density at radius 3 is 2.38 bits per heavy atom. The Kier molecular flexibility index (Phi) is 5.78. The highest BCUT2D eigenvalue weighted by molar-refractivity contribution is 8.17. The SMILES string of the molecule is CC1(C)CC2=C(SC(=O)c3ccccc3[C@H]2c2ccccc2F)N(C(N)=Nc2ccccc2)C1. The van der Waals surface area contributed by atoms with Crippen LogP contribution in [0.25, 0.3) is 0 Å². The third-order valence-corrected chi connectivity index (χ3v) is 7.38. The van der Waals surface area contributed by atoms with Gasteiger partial charge in [-0.2, -0.15) is 0 Å². The maximum Gasteiger partial charge on any atom is 0.225 e. The molecule has 0 bridgehead atoms. The molecule has 0 saturated heterocycles. The minimum absolute atomic E-state index is 0.0702. The molecule has 2 aliphatic rings. The molecule has 34 heavy (non-hydrogen) atoms. The average molecular weight is 472 g/mol. The van der Waals surface area contributed by atoms with E-state index in [2.05, 4.69) is 18.8 Å². The highest BCUT2D eigenvalue weighted by Gasteiger charge is 2.42. The van der Waals surface area contributed by atoms with Gasteiger partial charge in [-0.25, -0.2) is 9.38 Å². The molecule has 6 heteroatoms. The molecule has 5 rings (SSSR count). The van der Waals surface area contributed by atoms with Crippen molar-refractivity contribution in [2.75, 3.05) is 6.54 Å². The van der Waals surface area contributed by atoms with E-state index in [0.29, 0.717) is 30.1 Å². The number of fused-ring (bicyclic) bond motifs is 1. The number of hydrogen-bond acceptors (Lipinski definition) is 3. The van der Waals surface area contributed by atoms with Crippen LogP contribution in [0.5, 0.6) is 0 Å². The predicted molar refractivity (Wildman–Crippen MR) is 136 cm³/mol. The topological polar surface area (TPSA) is 58.7 Å². The summed E-state index contributed by atoms with van der Waals surface area (Å²) in [6.45, 7) is 4.94. The smallest absolute Gasteiger partial charge is 0.225 e. The Morgan fingerprint density at radius 1 is 1.00 bits per heavy atom. The zero-order chi connectivity index (χ0) is 23.9. The summed E-state index contributed by atoms with van der Waals surface area (Å²) in [7, 11) is 0. The van der Waals surface area contributed by atoms with Crippen molar-refractivity contribution in [3.05, 3.63) is 112 Å². The van der Waals surface area contributed by atoms with E-state index in [1.165, 1.54) is 17.8 Å². The number of benzene rings is 3. The van der Waals surface area contributed by atoms with E-state index < -0.39 is 5.92 Å². The second kappa shape index (κ2) is 8.76. The first-order chi connectivity index (χ1) is 16.3. The Hall–Kier alpha value is -3.38. The van der Waals surface area contributed by atoms with E-state index >= 15 is 4.39 Å². The summed E-state index contributed by atoms with van der Waals surface area (Å²) in [5.41, 5.74) is 10.1. The number of rotatable bonds is 2. The number of thioether (sulfide) groups is 1. The van der Waals surface area contributed by atoms with Gasteiger partial charge in [0.25, 0.3) is 0 Å². The van der Waals surface area contributed by atoms with Gasteiger partial charge in [0.05, 0.1) is 10.7 Å². The molecular weight excluding hydrogens is 445 g/mol. The van der Waals surface area contributed by atoms with Gasteiger partial charge in [0.2, 0.25) is 11.1 Å². The summed E-state index contributed by atoms with van der Waals surface area (Å²) in [6.07, 6.45) is 0.713. The van der Waals surface area contributed by atoms with Crippen LogP contribution in [0.15, 0.2) is 94.5 Å². The number of nitrogens with two attached hydrogens (primary N) is 1. The van der Waals surface area contributed by atoms with Crippen molar-refractivity contribution in [2.45, 2.75) is 26.2 Å². The van der Waals surface area contributed by atoms with Crippen molar-refractivity contribution < 1.29 is 9.18 Å². The standard InChI is InChI=1S/C28H26FN3OS/c1-28(2)16-22-24(21-14-8-9-15-23(21)29)19-12-6-7-13-20(19)26(33)34-25(22)32(17-28)27(30)31-18-10-4-3-5-11-18/h3-15,24H,16-17H2,1-2H3,(H2,30,31)/t24-/m0/s1. The van der Waals surface area contributed by atoms with Crippen LogP contribution in [0, 0.1) is 11.2 Å². The van der Waals surface area contributed by atoms with E-state index in [1.807, 2.05) is 71.6 Å². The third kappa shape index (κ3) is 4.14. The van der Waals surface area contributed by atoms with Gasteiger partial charge in [0.1, 0.15) is 5.82 Å². The molecular formula is C28H26FN3OS. The van der Waals surface area contributed by atoms with Crippen LogP contribution in [-0.2, 0) is 0 Å². The molecule has 3 aromatic carbocycles. The number of guanidine groups is 1. The largest absolute Gasteiger partial charge is 0.369 e. The highest BCUT2D eigenvalue weighted by Crippen LogP contribution is 2.51. The fourth-order valence-corrected chi connectivity index (χ4v) is 5.94. The number of aliphatic imine (C=N–C) groups is 1. The average Bonchev–Trinajstić information content (AvgIpc) is 2.93. The van der Waals surface area contributed by atoms with Crippen LogP contribution >= 0.6 is 11.8 Å². The van der Waals surface area contributed by atoms with E-state index in [1.54, 1.807) is 6.07 Å². The molecule has 0 unspecified atom stereocenters. The van der Waals surface area contributed by atoms with E-state index in [0.717, 1.165) is 21.9 Å². The summed E-state index contributed by atoms with van der Waals surface area (Å²) < 4.78 is 15.2. The molecule has 2 aliphatic heterocycles. The summed E-state index contributed by atoms with van der Waals surface area (Å²) >= 11 is 1.17. The molecule has 3 aromatic rings. The lowest BCUT2D eigenvalue weighted by Gasteiger charge is -2.42. The summed E-state index contributed by atoms with van der Waals surface area (Å²) in [4.78, 5) is 20.0. The zero-order valence-electron chi connectivity index (χ0n) is 19.2. The maximum absolute atomic E-state index is 15.2. The lowest BCUT2D eigenvalue weighted by atomic mass is 9.74. The molecule has 0 spiro atoms. The molecule has 0 aliphatic carbocycles. The van der Waals surface area contributed by atoms with Crippen molar-refractivity contribution in [1.82, 2.24) is 4.90 Å². The summed E-state index contributed by atoms with van der Waals surface area (Å²) in [5.74, 6) is -0.350. The van der Waals surface area contributed by atoms with Gasteiger partial charge in [0.15, 0.2) is 0 Å². The van der Waals surface area contributed by atoms with Crippen molar-refractivity contribution in [1.29, 1.82) is 0 Å².